The van der Waals surface area contributed by atoms with Gasteiger partial charge in [-0.2, -0.15) is 0 Å². The Hall–Kier alpha value is -1.71. The standard InChI is InChI=1S/C13H16N3O/c17-16-10-11-6-2-3-7-12(11)13(14-16)15-8-4-1-5-9-15/h2-3,6-7H,1,4-5,8-10H2/q+1. The van der Waals surface area contributed by atoms with Crippen LogP contribution in [0.3, 0.4) is 0 Å². The van der Waals surface area contributed by atoms with Crippen molar-refractivity contribution < 1.29 is 4.87 Å². The van der Waals surface area contributed by atoms with Crippen molar-refractivity contribution in [3.63, 3.8) is 0 Å². The zero-order valence-electron chi connectivity index (χ0n) is 9.80. The molecule has 0 aromatic heterocycles. The average Bonchev–Trinajstić information content (AvgIpc) is 2.39. The SMILES string of the molecule is O=[N+]1Cc2ccccc2C(N2CCCCC2)=N1. The first-order valence-corrected chi connectivity index (χ1v) is 6.21. The van der Waals surface area contributed by atoms with Gasteiger partial charge in [-0.05, 0) is 19.3 Å². The van der Waals surface area contributed by atoms with Gasteiger partial charge in [0.1, 0.15) is 0 Å². The van der Waals surface area contributed by atoms with E-state index < -0.39 is 0 Å². The Labute approximate surface area is 101 Å². The summed E-state index contributed by atoms with van der Waals surface area (Å²) in [6, 6.07) is 8.07. The van der Waals surface area contributed by atoms with Crippen LogP contribution in [0.4, 0.5) is 0 Å². The third-order valence-corrected chi connectivity index (χ3v) is 3.43. The molecular formula is C13H16N3O+. The van der Waals surface area contributed by atoms with Crippen LogP contribution in [0.15, 0.2) is 29.4 Å². The molecule has 3 rings (SSSR count). The lowest BCUT2D eigenvalue weighted by Crippen LogP contribution is -2.39. The van der Waals surface area contributed by atoms with E-state index in [2.05, 4.69) is 16.1 Å². The van der Waals surface area contributed by atoms with Gasteiger partial charge in [0, 0.05) is 24.2 Å². The first-order chi connectivity index (χ1) is 8.34. The first-order valence-electron chi connectivity index (χ1n) is 6.21. The van der Waals surface area contributed by atoms with Crippen LogP contribution in [0.5, 0.6) is 0 Å². The third kappa shape index (κ3) is 1.95. The van der Waals surface area contributed by atoms with Crippen molar-refractivity contribution in [2.75, 3.05) is 13.1 Å². The van der Waals surface area contributed by atoms with Gasteiger partial charge in [-0.1, -0.05) is 24.3 Å². The second-order valence-corrected chi connectivity index (χ2v) is 4.64. The lowest BCUT2D eigenvalue weighted by atomic mass is 10.0. The van der Waals surface area contributed by atoms with Crippen molar-refractivity contribution in [1.29, 1.82) is 0 Å². The molecule has 1 aromatic rings. The predicted octanol–water partition coefficient (Wildman–Crippen LogP) is 2.13. The molecule has 1 fully saturated rings. The fourth-order valence-electron chi connectivity index (χ4n) is 2.56. The monoisotopic (exact) mass is 230 g/mol. The van der Waals surface area contributed by atoms with E-state index in [1.807, 2.05) is 18.2 Å². The van der Waals surface area contributed by atoms with Crippen LogP contribution < -0.4 is 0 Å². The molecule has 0 N–H and O–H groups in total. The molecule has 17 heavy (non-hydrogen) atoms. The molecule has 2 aliphatic heterocycles. The lowest BCUT2D eigenvalue weighted by molar-refractivity contribution is -0.572. The van der Waals surface area contributed by atoms with E-state index in [1.54, 1.807) is 0 Å². The predicted molar refractivity (Wildman–Crippen MR) is 65.7 cm³/mol. The second kappa shape index (κ2) is 4.28. The van der Waals surface area contributed by atoms with Gasteiger partial charge in [0.15, 0.2) is 4.87 Å². The molecule has 0 saturated carbocycles. The van der Waals surface area contributed by atoms with Gasteiger partial charge in [-0.25, -0.2) is 0 Å². The molecule has 88 valence electrons. The topological polar surface area (TPSA) is 35.7 Å². The van der Waals surface area contributed by atoms with E-state index in [0.717, 1.165) is 34.9 Å². The fraction of sp³-hybridized carbons (Fsp3) is 0.462. The van der Waals surface area contributed by atoms with Gasteiger partial charge in [0.05, 0.1) is 10.0 Å². The van der Waals surface area contributed by atoms with Crippen molar-refractivity contribution in [2.24, 2.45) is 5.10 Å². The normalized spacial score (nSPS) is 19.9. The van der Waals surface area contributed by atoms with E-state index in [-0.39, 0.29) is 0 Å². The molecule has 0 atom stereocenters. The van der Waals surface area contributed by atoms with Crippen LogP contribution >= 0.6 is 0 Å². The van der Waals surface area contributed by atoms with E-state index in [9.17, 15) is 4.91 Å². The molecule has 2 aliphatic rings. The van der Waals surface area contributed by atoms with Gasteiger partial charge >= 0.3 is 0 Å². The third-order valence-electron chi connectivity index (χ3n) is 3.43. The summed E-state index contributed by atoms with van der Waals surface area (Å²) in [6.45, 7) is 2.40. The summed E-state index contributed by atoms with van der Waals surface area (Å²) in [6.07, 6.45) is 3.67. The van der Waals surface area contributed by atoms with Crippen LogP contribution in [0.1, 0.15) is 30.4 Å². The second-order valence-electron chi connectivity index (χ2n) is 4.64. The van der Waals surface area contributed by atoms with Crippen molar-refractivity contribution >= 4 is 5.84 Å². The average molecular weight is 230 g/mol. The summed E-state index contributed by atoms with van der Waals surface area (Å²) in [5.74, 6) is 0.863. The highest BCUT2D eigenvalue weighted by molar-refractivity contribution is 6.00. The molecule has 1 aromatic carbocycles. The molecule has 0 amide bonds. The number of fused-ring (bicyclic) bond motifs is 1. The summed E-state index contributed by atoms with van der Waals surface area (Å²) in [5, 5.41) is 4.17. The van der Waals surface area contributed by atoms with Gasteiger partial charge in [0.25, 0.3) is 6.54 Å². The zero-order valence-corrected chi connectivity index (χ0v) is 9.80. The Morgan fingerprint density at radius 3 is 2.71 bits per heavy atom. The summed E-state index contributed by atoms with van der Waals surface area (Å²) in [5.41, 5.74) is 2.21. The molecule has 0 spiro atoms. The van der Waals surface area contributed by atoms with E-state index in [0.29, 0.717) is 6.54 Å². The fourth-order valence-corrected chi connectivity index (χ4v) is 2.56. The number of hydrogen-bond donors (Lipinski definition) is 0. The van der Waals surface area contributed by atoms with Gasteiger partial charge in [-0.3, -0.25) is 0 Å². The maximum absolute atomic E-state index is 11.6. The number of piperidine rings is 1. The van der Waals surface area contributed by atoms with E-state index in [1.165, 1.54) is 19.3 Å². The van der Waals surface area contributed by atoms with Crippen LogP contribution in [0, 0.1) is 4.91 Å². The summed E-state index contributed by atoms with van der Waals surface area (Å²) in [4.78, 5) is 14.6. The number of likely N-dealkylation sites (tertiary alicyclic amines) is 1. The van der Waals surface area contributed by atoms with Crippen LogP contribution in [-0.2, 0) is 6.54 Å². The van der Waals surface area contributed by atoms with Crippen LogP contribution in [-0.4, -0.2) is 28.7 Å². The maximum atomic E-state index is 11.6. The molecule has 0 aliphatic carbocycles. The Morgan fingerprint density at radius 1 is 1.12 bits per heavy atom. The Kier molecular flexibility index (Phi) is 2.63. The van der Waals surface area contributed by atoms with Crippen molar-refractivity contribution in [3.05, 3.63) is 40.3 Å². The van der Waals surface area contributed by atoms with Gasteiger partial charge < -0.3 is 4.90 Å². The number of nitrogens with zero attached hydrogens (tertiary/aromatic N) is 3. The molecule has 4 nitrogen and oxygen atoms in total. The Bertz CT molecular complexity index is 475. The minimum absolute atomic E-state index is 0.369. The number of hydrazone groups is 1. The highest BCUT2D eigenvalue weighted by Crippen LogP contribution is 2.21. The number of rotatable bonds is 0. The molecule has 4 heteroatoms. The minimum atomic E-state index is 0.369. The number of nitroso groups, excluding NO2 is 1. The van der Waals surface area contributed by atoms with Crippen molar-refractivity contribution in [1.82, 2.24) is 4.90 Å². The summed E-state index contributed by atoms with van der Waals surface area (Å²) < 4.78 is 0. The van der Waals surface area contributed by atoms with Crippen molar-refractivity contribution in [3.8, 4) is 0 Å². The minimum Gasteiger partial charge on any atom is -0.351 e. The molecule has 0 bridgehead atoms. The lowest BCUT2D eigenvalue weighted by Gasteiger charge is -2.29. The maximum Gasteiger partial charge on any atom is 0.254 e. The van der Waals surface area contributed by atoms with Crippen LogP contribution in [0.2, 0.25) is 0 Å². The largest absolute Gasteiger partial charge is 0.351 e. The zero-order chi connectivity index (χ0) is 11.7. The smallest absolute Gasteiger partial charge is 0.254 e. The molecular weight excluding hydrogens is 214 g/mol. The summed E-state index contributed by atoms with van der Waals surface area (Å²) >= 11 is 0. The van der Waals surface area contributed by atoms with E-state index >= 15 is 0 Å². The van der Waals surface area contributed by atoms with Crippen LogP contribution in [0.25, 0.3) is 0 Å². The Balaban J connectivity index is 1.99. The highest BCUT2D eigenvalue weighted by Gasteiger charge is 2.29. The Morgan fingerprint density at radius 2 is 1.88 bits per heavy atom. The number of amidine groups is 1. The van der Waals surface area contributed by atoms with Gasteiger partial charge in [-0.15, -0.1) is 0 Å². The number of benzene rings is 1. The quantitative estimate of drug-likeness (QED) is 0.640. The van der Waals surface area contributed by atoms with E-state index in [4.69, 9.17) is 0 Å². The van der Waals surface area contributed by atoms with Crippen molar-refractivity contribution in [2.45, 2.75) is 25.8 Å². The molecule has 0 radical (unpaired) electrons. The molecule has 2 heterocycles. The summed E-state index contributed by atoms with van der Waals surface area (Å²) in [7, 11) is 0. The molecule has 0 unspecified atom stereocenters. The van der Waals surface area contributed by atoms with Gasteiger partial charge in [0.2, 0.25) is 5.84 Å². The number of hydrogen-bond acceptors (Lipinski definition) is 2. The highest BCUT2D eigenvalue weighted by atomic mass is 16.3. The first kappa shape index (κ1) is 10.4. The molecule has 1 saturated heterocycles.